The molecule has 2 saturated heterocycles. The van der Waals surface area contributed by atoms with E-state index < -0.39 is 0 Å². The van der Waals surface area contributed by atoms with Gasteiger partial charge in [-0.1, -0.05) is 13.8 Å². The van der Waals surface area contributed by atoms with Crippen molar-refractivity contribution in [2.24, 2.45) is 0 Å². The molecule has 4 heterocycles. The van der Waals surface area contributed by atoms with E-state index in [0.29, 0.717) is 5.92 Å². The number of nitrogens with zero attached hydrogens (tertiary/aromatic N) is 5. The Morgan fingerprint density at radius 1 is 1.12 bits per heavy atom. The number of anilines is 1. The van der Waals surface area contributed by atoms with Crippen LogP contribution in [0.5, 0.6) is 0 Å². The Bertz CT molecular complexity index is 684. The zero-order valence-corrected chi connectivity index (χ0v) is 15.5. The fourth-order valence-corrected chi connectivity index (χ4v) is 4.77. The predicted molar refractivity (Wildman–Crippen MR) is 101 cm³/mol. The topological polar surface area (TPSA) is 36.7 Å². The molecule has 4 rings (SSSR count). The van der Waals surface area contributed by atoms with Gasteiger partial charge in [0.25, 0.3) is 0 Å². The Labute approximate surface area is 148 Å². The number of hydrogen-bond donors (Lipinski definition) is 0. The van der Waals surface area contributed by atoms with Crippen LogP contribution in [0.2, 0.25) is 0 Å². The summed E-state index contributed by atoms with van der Waals surface area (Å²) in [7, 11) is 0. The smallest absolute Gasteiger partial charge is 0.157 e. The number of thioether (sulfide) groups is 1. The van der Waals surface area contributed by atoms with Gasteiger partial charge in [-0.2, -0.15) is 21.4 Å². The summed E-state index contributed by atoms with van der Waals surface area (Å²) in [5.74, 6) is 4.25. The maximum atomic E-state index is 4.74. The molecule has 0 atom stereocenters. The first-order valence-corrected chi connectivity index (χ1v) is 10.3. The second-order valence-electron chi connectivity index (χ2n) is 7.16. The predicted octanol–water partition coefficient (Wildman–Crippen LogP) is 2.87. The molecule has 0 amide bonds. The minimum Gasteiger partial charge on any atom is -0.356 e. The van der Waals surface area contributed by atoms with Crippen molar-refractivity contribution in [3.63, 3.8) is 0 Å². The Morgan fingerprint density at radius 2 is 1.88 bits per heavy atom. The molecule has 0 aliphatic carbocycles. The van der Waals surface area contributed by atoms with E-state index in [1.165, 1.54) is 43.3 Å². The van der Waals surface area contributed by atoms with Crippen LogP contribution >= 0.6 is 11.8 Å². The highest BCUT2D eigenvalue weighted by Gasteiger charge is 2.27. The molecule has 5 nitrogen and oxygen atoms in total. The Kier molecular flexibility index (Phi) is 4.68. The third-order valence-electron chi connectivity index (χ3n) is 5.30. The SMILES string of the molecule is CC(C)c1cc(N2CCC(N3CCSCC3)CC2)n2nccc2n1. The lowest BCUT2D eigenvalue weighted by molar-refractivity contribution is 0.185. The zero-order valence-electron chi connectivity index (χ0n) is 14.7. The van der Waals surface area contributed by atoms with E-state index in [1.54, 1.807) is 0 Å². The minimum atomic E-state index is 0.437. The number of aromatic nitrogens is 3. The van der Waals surface area contributed by atoms with Crippen LogP contribution in [-0.4, -0.2) is 63.2 Å². The fourth-order valence-electron chi connectivity index (χ4n) is 3.84. The van der Waals surface area contributed by atoms with Gasteiger partial charge < -0.3 is 4.90 Å². The van der Waals surface area contributed by atoms with E-state index in [1.807, 2.05) is 16.8 Å². The van der Waals surface area contributed by atoms with E-state index in [0.717, 1.165) is 30.5 Å². The van der Waals surface area contributed by atoms with E-state index >= 15 is 0 Å². The standard InChI is InChI=1S/C18H27N5S/c1-14(2)16-13-18(23-17(20-16)3-6-19-23)22-7-4-15(5-8-22)21-9-11-24-12-10-21/h3,6,13-15H,4-5,7-12H2,1-2H3. The maximum Gasteiger partial charge on any atom is 0.157 e. The first-order chi connectivity index (χ1) is 11.7. The molecule has 0 radical (unpaired) electrons. The molecule has 0 saturated carbocycles. The van der Waals surface area contributed by atoms with Crippen LogP contribution in [0.4, 0.5) is 5.82 Å². The van der Waals surface area contributed by atoms with Crippen molar-refractivity contribution < 1.29 is 0 Å². The maximum absolute atomic E-state index is 4.74. The normalized spacial score (nSPS) is 21.0. The summed E-state index contributed by atoms with van der Waals surface area (Å²) in [5.41, 5.74) is 2.12. The van der Waals surface area contributed by atoms with Gasteiger partial charge in [0, 0.05) is 61.6 Å². The van der Waals surface area contributed by atoms with E-state index in [-0.39, 0.29) is 0 Å². The van der Waals surface area contributed by atoms with Crippen LogP contribution in [0.15, 0.2) is 18.3 Å². The van der Waals surface area contributed by atoms with Gasteiger partial charge in [-0.15, -0.1) is 0 Å². The van der Waals surface area contributed by atoms with Crippen LogP contribution in [0.3, 0.4) is 0 Å². The Balaban J connectivity index is 1.52. The first kappa shape index (κ1) is 16.2. The van der Waals surface area contributed by atoms with Crippen LogP contribution in [-0.2, 0) is 0 Å². The summed E-state index contributed by atoms with van der Waals surface area (Å²) < 4.78 is 2.00. The molecule has 24 heavy (non-hydrogen) atoms. The highest BCUT2D eigenvalue weighted by atomic mass is 32.2. The average Bonchev–Trinajstić information content (AvgIpc) is 3.10. The second-order valence-corrected chi connectivity index (χ2v) is 8.39. The van der Waals surface area contributed by atoms with Crippen LogP contribution < -0.4 is 4.90 Å². The molecule has 2 fully saturated rings. The average molecular weight is 346 g/mol. The van der Waals surface area contributed by atoms with Crippen molar-refractivity contribution >= 4 is 23.2 Å². The van der Waals surface area contributed by atoms with Gasteiger partial charge in [-0.25, -0.2) is 4.98 Å². The Morgan fingerprint density at radius 3 is 2.58 bits per heavy atom. The molecule has 2 aliphatic heterocycles. The highest BCUT2D eigenvalue weighted by Crippen LogP contribution is 2.26. The summed E-state index contributed by atoms with van der Waals surface area (Å²) in [6.45, 7) is 9.19. The fraction of sp³-hybridized carbons (Fsp3) is 0.667. The number of hydrogen-bond acceptors (Lipinski definition) is 5. The summed E-state index contributed by atoms with van der Waals surface area (Å²) in [5, 5.41) is 4.50. The number of fused-ring (bicyclic) bond motifs is 1. The van der Waals surface area contributed by atoms with Crippen molar-refractivity contribution in [3.05, 3.63) is 24.0 Å². The van der Waals surface area contributed by atoms with E-state index in [4.69, 9.17) is 4.98 Å². The third kappa shape index (κ3) is 3.14. The van der Waals surface area contributed by atoms with E-state index in [2.05, 4.69) is 46.6 Å². The van der Waals surface area contributed by atoms with Crippen molar-refractivity contribution in [3.8, 4) is 0 Å². The van der Waals surface area contributed by atoms with Gasteiger partial charge >= 0.3 is 0 Å². The molecule has 2 aromatic rings. The highest BCUT2D eigenvalue weighted by molar-refractivity contribution is 7.99. The molecular formula is C18H27N5S. The Hall–Kier alpha value is -1.27. The molecule has 0 unspecified atom stereocenters. The van der Waals surface area contributed by atoms with Crippen LogP contribution in [0.25, 0.3) is 5.65 Å². The lowest BCUT2D eigenvalue weighted by Gasteiger charge is -2.40. The molecule has 0 N–H and O–H groups in total. The zero-order chi connectivity index (χ0) is 16.5. The number of rotatable bonds is 3. The largest absolute Gasteiger partial charge is 0.356 e. The molecular weight excluding hydrogens is 318 g/mol. The summed E-state index contributed by atoms with van der Waals surface area (Å²) >= 11 is 2.10. The molecule has 2 aliphatic rings. The van der Waals surface area contributed by atoms with Gasteiger partial charge in [0.2, 0.25) is 0 Å². The van der Waals surface area contributed by atoms with Gasteiger partial charge in [0.1, 0.15) is 5.82 Å². The quantitative estimate of drug-likeness (QED) is 0.855. The monoisotopic (exact) mass is 345 g/mol. The summed E-state index contributed by atoms with van der Waals surface area (Å²) in [6.07, 6.45) is 4.37. The van der Waals surface area contributed by atoms with Gasteiger partial charge in [-0.05, 0) is 18.8 Å². The van der Waals surface area contributed by atoms with Crippen molar-refractivity contribution in [1.82, 2.24) is 19.5 Å². The summed E-state index contributed by atoms with van der Waals surface area (Å²) in [6, 6.07) is 5.01. The van der Waals surface area contributed by atoms with Gasteiger partial charge in [-0.3, -0.25) is 4.90 Å². The van der Waals surface area contributed by atoms with E-state index in [9.17, 15) is 0 Å². The molecule has 0 aromatic carbocycles. The van der Waals surface area contributed by atoms with Gasteiger partial charge in [0.15, 0.2) is 5.65 Å². The molecule has 130 valence electrons. The van der Waals surface area contributed by atoms with Crippen molar-refractivity contribution in [2.45, 2.75) is 38.6 Å². The first-order valence-electron chi connectivity index (χ1n) is 9.14. The van der Waals surface area contributed by atoms with Crippen LogP contribution in [0.1, 0.15) is 38.3 Å². The van der Waals surface area contributed by atoms with Gasteiger partial charge in [0.05, 0.1) is 6.20 Å². The lowest BCUT2D eigenvalue weighted by atomic mass is 10.0. The molecule has 6 heteroatoms. The van der Waals surface area contributed by atoms with Crippen LogP contribution in [0, 0.1) is 0 Å². The minimum absolute atomic E-state index is 0.437. The lowest BCUT2D eigenvalue weighted by Crippen LogP contribution is -2.48. The number of piperidine rings is 1. The summed E-state index contributed by atoms with van der Waals surface area (Å²) in [4.78, 5) is 9.96. The molecule has 0 spiro atoms. The molecule has 0 bridgehead atoms. The second kappa shape index (κ2) is 6.92. The third-order valence-corrected chi connectivity index (χ3v) is 6.24. The van der Waals surface area contributed by atoms with Crippen molar-refractivity contribution in [1.29, 1.82) is 0 Å². The van der Waals surface area contributed by atoms with Crippen molar-refractivity contribution in [2.75, 3.05) is 42.6 Å². The molecule has 2 aromatic heterocycles.